The van der Waals surface area contributed by atoms with E-state index in [4.69, 9.17) is 25.8 Å². The Morgan fingerprint density at radius 1 is 1.05 bits per heavy atom. The van der Waals surface area contributed by atoms with E-state index in [1.807, 2.05) is 54.6 Å². The zero-order chi connectivity index (χ0) is 30.8. The van der Waals surface area contributed by atoms with Crippen LogP contribution in [-0.2, 0) is 16.1 Å². The monoisotopic (exact) mass is 624 g/mol. The van der Waals surface area contributed by atoms with E-state index in [2.05, 4.69) is 23.2 Å². The number of hydrogen-bond donors (Lipinski definition) is 0. The van der Waals surface area contributed by atoms with Gasteiger partial charge in [0.1, 0.15) is 6.61 Å². The second-order valence-corrected chi connectivity index (χ2v) is 11.6. The van der Waals surface area contributed by atoms with Crippen LogP contribution in [0.25, 0.3) is 16.8 Å². The minimum atomic E-state index is -0.670. The van der Waals surface area contributed by atoms with Crippen LogP contribution in [0.4, 0.5) is 0 Å². The molecule has 0 saturated heterocycles. The molecular weight excluding hydrogens is 596 g/mol. The standard InChI is InChI=1S/C35H29ClN2O5S/c1-4-42-34(40)30-21(2)37-35-38(31(30)24-12-6-5-7-13-24)33(39)29(44-35)19-22-17-27(36)32(28(18-22)41-3)43-20-25-15-10-14-23-11-8-9-16-26(23)25/h5-19,31H,4,20H2,1-3H3. The van der Waals surface area contributed by atoms with Crippen LogP contribution in [-0.4, -0.2) is 24.3 Å². The number of thiazole rings is 1. The van der Waals surface area contributed by atoms with E-state index < -0.39 is 12.0 Å². The molecule has 7 nitrogen and oxygen atoms in total. The summed E-state index contributed by atoms with van der Waals surface area (Å²) in [5, 5.41) is 2.58. The van der Waals surface area contributed by atoms with Gasteiger partial charge >= 0.3 is 5.97 Å². The third-order valence-corrected chi connectivity index (χ3v) is 8.70. The fourth-order valence-electron chi connectivity index (χ4n) is 5.43. The molecule has 1 aromatic heterocycles. The molecule has 9 heteroatoms. The van der Waals surface area contributed by atoms with Crippen LogP contribution in [0, 0.1) is 0 Å². The highest BCUT2D eigenvalue weighted by Crippen LogP contribution is 2.38. The highest BCUT2D eigenvalue weighted by atomic mass is 35.5. The molecule has 1 unspecified atom stereocenters. The Balaban J connectivity index is 1.39. The second kappa shape index (κ2) is 12.5. The van der Waals surface area contributed by atoms with Crippen LogP contribution in [0.2, 0.25) is 5.02 Å². The van der Waals surface area contributed by atoms with Gasteiger partial charge in [-0.2, -0.15) is 0 Å². The van der Waals surface area contributed by atoms with Crippen LogP contribution in [0.5, 0.6) is 11.5 Å². The number of benzene rings is 4. The van der Waals surface area contributed by atoms with Gasteiger partial charge < -0.3 is 14.2 Å². The maximum absolute atomic E-state index is 13.9. The molecule has 0 bridgehead atoms. The van der Waals surface area contributed by atoms with Crippen molar-refractivity contribution in [3.05, 3.63) is 138 Å². The van der Waals surface area contributed by atoms with Gasteiger partial charge in [-0.1, -0.05) is 95.7 Å². The molecule has 0 fully saturated rings. The van der Waals surface area contributed by atoms with E-state index >= 15 is 0 Å². The molecule has 5 aromatic rings. The summed E-state index contributed by atoms with van der Waals surface area (Å²) in [5.74, 6) is 0.367. The van der Waals surface area contributed by atoms with Crippen molar-refractivity contribution in [2.75, 3.05) is 13.7 Å². The zero-order valence-electron chi connectivity index (χ0n) is 24.4. The maximum Gasteiger partial charge on any atom is 0.338 e. The molecule has 1 aliphatic heterocycles. The van der Waals surface area contributed by atoms with Crippen LogP contribution in [0.15, 0.2) is 106 Å². The van der Waals surface area contributed by atoms with E-state index in [0.717, 1.165) is 21.9 Å². The number of aromatic nitrogens is 1. The number of rotatable bonds is 8. The van der Waals surface area contributed by atoms with Crippen molar-refractivity contribution in [2.45, 2.75) is 26.5 Å². The topological polar surface area (TPSA) is 79.1 Å². The summed E-state index contributed by atoms with van der Waals surface area (Å²) in [6, 6.07) is 26.5. The first-order valence-electron chi connectivity index (χ1n) is 14.1. The average molecular weight is 625 g/mol. The molecule has 2 heterocycles. The molecule has 222 valence electrons. The first-order chi connectivity index (χ1) is 21.4. The minimum Gasteiger partial charge on any atom is -0.493 e. The molecule has 0 spiro atoms. The first-order valence-corrected chi connectivity index (χ1v) is 15.3. The number of methoxy groups -OCH3 is 1. The number of allylic oxidation sites excluding steroid dienone is 1. The second-order valence-electron chi connectivity index (χ2n) is 10.2. The Morgan fingerprint density at radius 2 is 1.80 bits per heavy atom. The van der Waals surface area contributed by atoms with Crippen molar-refractivity contribution >= 4 is 45.8 Å². The lowest BCUT2D eigenvalue weighted by Crippen LogP contribution is -2.39. The maximum atomic E-state index is 13.9. The Labute approximate surface area is 262 Å². The highest BCUT2D eigenvalue weighted by Gasteiger charge is 2.33. The predicted octanol–water partition coefficient (Wildman–Crippen LogP) is 6.19. The van der Waals surface area contributed by atoms with Gasteiger partial charge in [-0.3, -0.25) is 9.36 Å². The molecule has 0 saturated carbocycles. The number of fused-ring (bicyclic) bond motifs is 2. The zero-order valence-corrected chi connectivity index (χ0v) is 25.9. The molecule has 0 amide bonds. The number of carbonyl (C=O) groups excluding carboxylic acids is 1. The number of nitrogens with zero attached hydrogens (tertiary/aromatic N) is 2. The largest absolute Gasteiger partial charge is 0.493 e. The summed E-state index contributed by atoms with van der Waals surface area (Å²) in [6.45, 7) is 4.03. The average Bonchev–Trinajstić information content (AvgIpc) is 3.33. The first kappa shape index (κ1) is 29.4. The fraction of sp³-hybridized carbons (Fsp3) is 0.171. The number of halogens is 1. The smallest absolute Gasteiger partial charge is 0.338 e. The van der Waals surface area contributed by atoms with Gasteiger partial charge in [0.2, 0.25) is 0 Å². The third-order valence-electron chi connectivity index (χ3n) is 7.43. The molecule has 1 aliphatic rings. The van der Waals surface area contributed by atoms with Gasteiger partial charge in [-0.15, -0.1) is 0 Å². The molecule has 4 aromatic carbocycles. The number of carbonyl (C=O) groups is 1. The van der Waals surface area contributed by atoms with Crippen LogP contribution < -0.4 is 24.4 Å². The molecule has 0 N–H and O–H groups in total. The van der Waals surface area contributed by atoms with Gasteiger partial charge in [0.05, 0.1) is 40.6 Å². The Kier molecular flexibility index (Phi) is 8.37. The van der Waals surface area contributed by atoms with Crippen molar-refractivity contribution in [3.8, 4) is 11.5 Å². The predicted molar refractivity (Wildman–Crippen MR) is 173 cm³/mol. The lowest BCUT2D eigenvalue weighted by molar-refractivity contribution is -0.139. The van der Waals surface area contributed by atoms with Gasteiger partial charge in [0.25, 0.3) is 5.56 Å². The Hall–Kier alpha value is -4.66. The molecular formula is C35H29ClN2O5S. The van der Waals surface area contributed by atoms with E-state index in [9.17, 15) is 9.59 Å². The highest BCUT2D eigenvalue weighted by molar-refractivity contribution is 7.07. The van der Waals surface area contributed by atoms with Crippen molar-refractivity contribution < 1.29 is 19.0 Å². The summed E-state index contributed by atoms with van der Waals surface area (Å²) in [7, 11) is 1.55. The molecule has 44 heavy (non-hydrogen) atoms. The van der Waals surface area contributed by atoms with Crippen LogP contribution in [0.3, 0.4) is 0 Å². The van der Waals surface area contributed by atoms with E-state index in [0.29, 0.717) is 49.3 Å². The number of esters is 1. The summed E-state index contributed by atoms with van der Waals surface area (Å²) >= 11 is 7.97. The van der Waals surface area contributed by atoms with Crippen molar-refractivity contribution in [2.24, 2.45) is 4.99 Å². The van der Waals surface area contributed by atoms with E-state index in [1.54, 1.807) is 43.7 Å². The SMILES string of the molecule is CCOC(=O)C1=C(C)N=c2sc(=Cc3cc(Cl)c(OCc4cccc5ccccc45)c(OC)c3)c(=O)n2C1c1ccccc1. The van der Waals surface area contributed by atoms with Gasteiger partial charge in [-0.25, -0.2) is 9.79 Å². The van der Waals surface area contributed by atoms with Gasteiger partial charge in [0, 0.05) is 0 Å². The normalized spacial score (nSPS) is 14.7. The van der Waals surface area contributed by atoms with Crippen LogP contribution in [0.1, 0.15) is 36.6 Å². The van der Waals surface area contributed by atoms with Crippen molar-refractivity contribution in [1.29, 1.82) is 0 Å². The third kappa shape index (κ3) is 5.54. The van der Waals surface area contributed by atoms with Crippen LogP contribution >= 0.6 is 22.9 Å². The summed E-state index contributed by atoms with van der Waals surface area (Å²) < 4.78 is 19.2. The van der Waals surface area contributed by atoms with Crippen molar-refractivity contribution in [3.63, 3.8) is 0 Å². The molecule has 1 atom stereocenters. The quantitative estimate of drug-likeness (QED) is 0.192. The summed E-state index contributed by atoms with van der Waals surface area (Å²) in [6.07, 6.45) is 1.75. The Bertz CT molecular complexity index is 2090. The van der Waals surface area contributed by atoms with Crippen molar-refractivity contribution in [1.82, 2.24) is 4.57 Å². The van der Waals surface area contributed by atoms with E-state index in [1.165, 1.54) is 11.3 Å². The molecule has 0 aliphatic carbocycles. The summed E-state index contributed by atoms with van der Waals surface area (Å²) in [5.41, 5.74) is 3.05. The van der Waals surface area contributed by atoms with Gasteiger partial charge in [0.15, 0.2) is 16.3 Å². The van der Waals surface area contributed by atoms with E-state index in [-0.39, 0.29) is 12.2 Å². The van der Waals surface area contributed by atoms with Gasteiger partial charge in [-0.05, 0) is 59.5 Å². The molecule has 6 rings (SSSR count). The minimum absolute atomic E-state index is 0.214. The number of hydrogen-bond acceptors (Lipinski definition) is 7. The number of ether oxygens (including phenoxy) is 3. The molecule has 0 radical (unpaired) electrons. The summed E-state index contributed by atoms with van der Waals surface area (Å²) in [4.78, 5) is 32.1. The lowest BCUT2D eigenvalue weighted by Gasteiger charge is -2.24. The Morgan fingerprint density at radius 3 is 2.57 bits per heavy atom. The fourth-order valence-corrected chi connectivity index (χ4v) is 6.75. The lowest BCUT2D eigenvalue weighted by atomic mass is 9.96.